The second-order valence-electron chi connectivity index (χ2n) is 5.15. The summed E-state index contributed by atoms with van der Waals surface area (Å²) in [7, 11) is 0. The topological polar surface area (TPSA) is 37.4 Å². The van der Waals surface area contributed by atoms with Crippen molar-refractivity contribution >= 4 is 27.7 Å². The van der Waals surface area contributed by atoms with Gasteiger partial charge in [0.2, 0.25) is 11.8 Å². The average molecular weight is 338 g/mol. The van der Waals surface area contributed by atoms with Crippen LogP contribution in [0.15, 0.2) is 34.8 Å². The van der Waals surface area contributed by atoms with Gasteiger partial charge < -0.3 is 0 Å². The largest absolute Gasteiger partial charge is 0.277 e. The molecule has 0 N–H and O–H groups in total. The first-order chi connectivity index (χ1) is 9.58. The number of amides is 2. The van der Waals surface area contributed by atoms with Crippen molar-refractivity contribution in [2.75, 3.05) is 0 Å². The molecule has 1 aromatic carbocycles. The van der Waals surface area contributed by atoms with E-state index >= 15 is 0 Å². The van der Waals surface area contributed by atoms with Gasteiger partial charge in [0.25, 0.3) is 0 Å². The SMILES string of the molecule is O=C1[C@@H]2CC=CC[C@H]2C(=O)N1Cc1ccc(Br)cc1F. The first-order valence-electron chi connectivity index (χ1n) is 6.52. The molecular formula is C15H13BrFNO2. The molecule has 0 spiro atoms. The summed E-state index contributed by atoms with van der Waals surface area (Å²) in [5, 5.41) is 0. The molecule has 0 bridgehead atoms. The highest BCUT2D eigenvalue weighted by molar-refractivity contribution is 9.10. The van der Waals surface area contributed by atoms with Gasteiger partial charge in [0, 0.05) is 10.0 Å². The molecule has 1 aromatic rings. The van der Waals surface area contributed by atoms with Crippen LogP contribution in [0.2, 0.25) is 0 Å². The molecule has 2 amide bonds. The van der Waals surface area contributed by atoms with Crippen LogP contribution in [0.25, 0.3) is 0 Å². The number of nitrogens with zero attached hydrogens (tertiary/aromatic N) is 1. The summed E-state index contributed by atoms with van der Waals surface area (Å²) < 4.78 is 14.5. The Morgan fingerprint density at radius 3 is 2.30 bits per heavy atom. The van der Waals surface area contributed by atoms with Gasteiger partial charge in [-0.25, -0.2) is 4.39 Å². The van der Waals surface area contributed by atoms with E-state index in [-0.39, 0.29) is 30.2 Å². The fourth-order valence-corrected chi connectivity index (χ4v) is 3.18. The van der Waals surface area contributed by atoms with Gasteiger partial charge in [0.15, 0.2) is 0 Å². The van der Waals surface area contributed by atoms with Gasteiger partial charge in [-0.15, -0.1) is 0 Å². The van der Waals surface area contributed by atoms with Gasteiger partial charge in [-0.05, 0) is 25.0 Å². The lowest BCUT2D eigenvalue weighted by Crippen LogP contribution is -2.30. The first-order valence-corrected chi connectivity index (χ1v) is 7.31. The van der Waals surface area contributed by atoms with Crippen molar-refractivity contribution in [3.8, 4) is 0 Å². The maximum atomic E-state index is 13.8. The Balaban J connectivity index is 1.84. The van der Waals surface area contributed by atoms with Crippen LogP contribution in [0.4, 0.5) is 4.39 Å². The minimum absolute atomic E-state index is 0.0176. The van der Waals surface area contributed by atoms with E-state index in [9.17, 15) is 14.0 Å². The van der Waals surface area contributed by atoms with E-state index < -0.39 is 5.82 Å². The number of hydrogen-bond donors (Lipinski definition) is 0. The number of imide groups is 1. The highest BCUT2D eigenvalue weighted by Crippen LogP contribution is 2.36. The molecule has 3 nitrogen and oxygen atoms in total. The number of halogens is 2. The summed E-state index contributed by atoms with van der Waals surface area (Å²) in [5.41, 5.74) is 0.363. The molecule has 1 heterocycles. The molecule has 2 aliphatic rings. The molecule has 104 valence electrons. The number of hydrogen-bond acceptors (Lipinski definition) is 2. The van der Waals surface area contributed by atoms with Gasteiger partial charge in [0.05, 0.1) is 18.4 Å². The summed E-state index contributed by atoms with van der Waals surface area (Å²) in [6.45, 7) is 0.0176. The molecule has 0 saturated carbocycles. The molecule has 2 atom stereocenters. The smallest absolute Gasteiger partial charge is 0.233 e. The van der Waals surface area contributed by atoms with Gasteiger partial charge in [-0.2, -0.15) is 0 Å². The van der Waals surface area contributed by atoms with E-state index in [2.05, 4.69) is 15.9 Å². The molecule has 5 heteroatoms. The third-order valence-corrected chi connectivity index (χ3v) is 4.44. The third kappa shape index (κ3) is 2.20. The first kappa shape index (κ1) is 13.5. The monoisotopic (exact) mass is 337 g/mol. The van der Waals surface area contributed by atoms with Crippen LogP contribution in [0.1, 0.15) is 18.4 Å². The minimum Gasteiger partial charge on any atom is -0.277 e. The highest BCUT2D eigenvalue weighted by atomic mass is 79.9. The fourth-order valence-electron chi connectivity index (χ4n) is 2.85. The second kappa shape index (κ2) is 5.13. The summed E-state index contributed by atoms with van der Waals surface area (Å²) in [6.07, 6.45) is 5.09. The Morgan fingerprint density at radius 2 is 1.75 bits per heavy atom. The maximum absolute atomic E-state index is 13.8. The molecule has 0 radical (unpaired) electrons. The van der Waals surface area contributed by atoms with Crippen LogP contribution in [0.5, 0.6) is 0 Å². The summed E-state index contributed by atoms with van der Waals surface area (Å²) in [5.74, 6) is -1.27. The van der Waals surface area contributed by atoms with Crippen molar-refractivity contribution in [3.63, 3.8) is 0 Å². The van der Waals surface area contributed by atoms with E-state index in [1.54, 1.807) is 12.1 Å². The normalized spacial score (nSPS) is 25.2. The molecule has 0 aromatic heterocycles. The van der Waals surface area contributed by atoms with Crippen LogP contribution >= 0.6 is 15.9 Å². The Bertz CT molecular complexity index is 588. The summed E-state index contributed by atoms with van der Waals surface area (Å²) in [6, 6.07) is 4.65. The fraction of sp³-hybridized carbons (Fsp3) is 0.333. The zero-order chi connectivity index (χ0) is 14.3. The Morgan fingerprint density at radius 1 is 1.15 bits per heavy atom. The Kier molecular flexibility index (Phi) is 3.46. The van der Waals surface area contributed by atoms with Crippen molar-refractivity contribution in [2.24, 2.45) is 11.8 Å². The van der Waals surface area contributed by atoms with E-state index in [0.717, 1.165) is 0 Å². The maximum Gasteiger partial charge on any atom is 0.233 e. The molecule has 3 rings (SSSR count). The third-order valence-electron chi connectivity index (χ3n) is 3.94. The van der Waals surface area contributed by atoms with Crippen molar-refractivity contribution in [1.29, 1.82) is 0 Å². The molecule has 1 saturated heterocycles. The number of fused-ring (bicyclic) bond motifs is 1. The Hall–Kier alpha value is -1.49. The number of benzene rings is 1. The lowest BCUT2D eigenvalue weighted by atomic mass is 9.85. The van der Waals surface area contributed by atoms with Crippen LogP contribution in [-0.2, 0) is 16.1 Å². The standard InChI is InChI=1S/C15H13BrFNO2/c16-10-6-5-9(13(17)7-10)8-18-14(19)11-3-1-2-4-12(11)15(18)20/h1-2,5-7,11-12H,3-4,8H2/t11-,12-/m1/s1. The van der Waals surface area contributed by atoms with E-state index in [4.69, 9.17) is 0 Å². The molecule has 1 aliphatic heterocycles. The number of carbonyl (C=O) groups is 2. The zero-order valence-electron chi connectivity index (χ0n) is 10.7. The molecule has 0 unspecified atom stereocenters. The van der Waals surface area contributed by atoms with Gasteiger partial charge in [0.1, 0.15) is 5.82 Å². The summed E-state index contributed by atoms with van der Waals surface area (Å²) in [4.78, 5) is 25.7. The lowest BCUT2D eigenvalue weighted by Gasteiger charge is -2.15. The van der Waals surface area contributed by atoms with Crippen LogP contribution < -0.4 is 0 Å². The number of likely N-dealkylation sites (tertiary alicyclic amines) is 1. The second-order valence-corrected chi connectivity index (χ2v) is 6.07. The van der Waals surface area contributed by atoms with Crippen molar-refractivity contribution < 1.29 is 14.0 Å². The number of carbonyl (C=O) groups excluding carboxylic acids is 2. The lowest BCUT2D eigenvalue weighted by molar-refractivity contribution is -0.140. The summed E-state index contributed by atoms with van der Waals surface area (Å²) >= 11 is 3.19. The van der Waals surface area contributed by atoms with Crippen molar-refractivity contribution in [3.05, 3.63) is 46.2 Å². The molecule has 20 heavy (non-hydrogen) atoms. The van der Waals surface area contributed by atoms with Crippen LogP contribution in [0, 0.1) is 17.7 Å². The van der Waals surface area contributed by atoms with Gasteiger partial charge >= 0.3 is 0 Å². The quantitative estimate of drug-likeness (QED) is 0.614. The van der Waals surface area contributed by atoms with Gasteiger partial charge in [-0.3, -0.25) is 14.5 Å². The van der Waals surface area contributed by atoms with E-state index in [0.29, 0.717) is 22.9 Å². The molecular weight excluding hydrogens is 325 g/mol. The number of allylic oxidation sites excluding steroid dienone is 2. The van der Waals surface area contributed by atoms with Crippen LogP contribution in [-0.4, -0.2) is 16.7 Å². The van der Waals surface area contributed by atoms with E-state index in [1.165, 1.54) is 11.0 Å². The molecule has 1 fully saturated rings. The predicted molar refractivity (Wildman–Crippen MR) is 75.0 cm³/mol. The minimum atomic E-state index is -0.409. The van der Waals surface area contributed by atoms with Crippen molar-refractivity contribution in [2.45, 2.75) is 19.4 Å². The Labute approximate surface area is 124 Å². The predicted octanol–water partition coefficient (Wildman–Crippen LogP) is 3.04. The van der Waals surface area contributed by atoms with Crippen molar-refractivity contribution in [1.82, 2.24) is 4.90 Å². The molecule has 1 aliphatic carbocycles. The van der Waals surface area contributed by atoms with Gasteiger partial charge in [-0.1, -0.05) is 34.1 Å². The average Bonchev–Trinajstić information content (AvgIpc) is 2.67. The van der Waals surface area contributed by atoms with E-state index in [1.807, 2.05) is 12.2 Å². The zero-order valence-corrected chi connectivity index (χ0v) is 12.3. The van der Waals surface area contributed by atoms with Crippen LogP contribution in [0.3, 0.4) is 0 Å². The highest BCUT2D eigenvalue weighted by Gasteiger charge is 2.47. The number of rotatable bonds is 2.